The topological polar surface area (TPSA) is 106 Å². The number of para-hydroxylation sites is 1. The molecule has 110 valence electrons. The zero-order valence-electron chi connectivity index (χ0n) is 11.1. The molecule has 0 aliphatic carbocycles. The summed E-state index contributed by atoms with van der Waals surface area (Å²) >= 11 is 1.01. The molecule has 8 heteroatoms. The first-order chi connectivity index (χ1) is 10.5. The number of carbonyl (C=O) groups excluding carboxylic acids is 1. The van der Waals surface area contributed by atoms with Gasteiger partial charge in [0.15, 0.2) is 5.17 Å². The van der Waals surface area contributed by atoms with E-state index >= 15 is 0 Å². The summed E-state index contributed by atoms with van der Waals surface area (Å²) in [4.78, 5) is 22.8. The first-order valence-corrected chi connectivity index (χ1v) is 7.01. The highest BCUT2D eigenvalue weighted by molar-refractivity contribution is 8.18. The van der Waals surface area contributed by atoms with E-state index in [0.717, 1.165) is 11.8 Å². The fraction of sp³-hybridized carbons (Fsp3) is 0. The lowest BCUT2D eigenvalue weighted by molar-refractivity contribution is -0.729. The van der Waals surface area contributed by atoms with Crippen LogP contribution in [-0.2, 0) is 4.79 Å². The van der Waals surface area contributed by atoms with Crippen molar-refractivity contribution in [2.75, 3.05) is 0 Å². The van der Waals surface area contributed by atoms with Crippen LogP contribution in [0.15, 0.2) is 45.7 Å². The maximum absolute atomic E-state index is 11.5. The first kappa shape index (κ1) is 14.1. The Morgan fingerprint density at radius 1 is 1.27 bits per heavy atom. The van der Waals surface area contributed by atoms with E-state index in [2.05, 4.69) is 5.32 Å². The van der Waals surface area contributed by atoms with Crippen molar-refractivity contribution in [2.45, 2.75) is 0 Å². The van der Waals surface area contributed by atoms with Crippen LogP contribution in [0.2, 0.25) is 0 Å². The first-order valence-electron chi connectivity index (χ1n) is 6.19. The van der Waals surface area contributed by atoms with Gasteiger partial charge in [-0.05, 0) is 30.0 Å². The molecule has 0 radical (unpaired) electrons. The molecule has 3 N–H and O–H groups in total. The number of hydrogen-bond donors (Lipinski definition) is 3. The minimum Gasteiger partial charge on any atom is -0.456 e. The number of hydrogen-bond acceptors (Lipinski definition) is 5. The number of thioether (sulfide) groups is 1. The fourth-order valence-corrected chi connectivity index (χ4v) is 2.68. The minimum absolute atomic E-state index is 0.0609. The van der Waals surface area contributed by atoms with Crippen molar-refractivity contribution in [2.24, 2.45) is 0 Å². The van der Waals surface area contributed by atoms with Gasteiger partial charge in [0, 0.05) is 12.1 Å². The predicted molar refractivity (Wildman–Crippen MR) is 80.7 cm³/mol. The highest BCUT2D eigenvalue weighted by atomic mass is 32.2. The largest absolute Gasteiger partial charge is 0.456 e. The summed E-state index contributed by atoms with van der Waals surface area (Å²) in [6.07, 6.45) is 1.52. The van der Waals surface area contributed by atoms with Gasteiger partial charge >= 0.3 is 5.69 Å². The van der Waals surface area contributed by atoms with Crippen LogP contribution in [0.25, 0.3) is 17.4 Å². The average molecular weight is 316 g/mol. The van der Waals surface area contributed by atoms with E-state index in [1.807, 2.05) is 0 Å². The van der Waals surface area contributed by atoms with Crippen LogP contribution in [0.3, 0.4) is 0 Å². The summed E-state index contributed by atoms with van der Waals surface area (Å²) in [5, 5.41) is 18.9. The standard InChI is InChI=1S/C14H9N3O4S/c15-14-16-13(18)12(22-14)7-8-5-6-11(21-8)9-3-1-2-4-10(9)17(19)20/h1-7H,(H2-,15,16,18,19,20)/p+1/b12-7-. The van der Waals surface area contributed by atoms with Crippen molar-refractivity contribution in [3.8, 4) is 11.3 Å². The van der Waals surface area contributed by atoms with E-state index in [4.69, 9.17) is 15.0 Å². The number of benzene rings is 1. The van der Waals surface area contributed by atoms with Crippen LogP contribution in [0.1, 0.15) is 5.76 Å². The summed E-state index contributed by atoms with van der Waals surface area (Å²) in [5.41, 5.74) is 0.492. The second-order valence-electron chi connectivity index (χ2n) is 4.39. The molecule has 0 saturated carbocycles. The average Bonchev–Trinajstić information content (AvgIpc) is 3.06. The van der Waals surface area contributed by atoms with Gasteiger partial charge in [-0.3, -0.25) is 10.2 Å². The van der Waals surface area contributed by atoms with Gasteiger partial charge in [-0.1, -0.05) is 12.1 Å². The van der Waals surface area contributed by atoms with E-state index < -0.39 is 0 Å². The highest BCUT2D eigenvalue weighted by Gasteiger charge is 2.24. The molecule has 1 amide bonds. The molecule has 1 fully saturated rings. The summed E-state index contributed by atoms with van der Waals surface area (Å²) in [5.74, 6) is 0.442. The maximum atomic E-state index is 11.5. The Morgan fingerprint density at radius 3 is 2.73 bits per heavy atom. The Bertz CT molecular complexity index is 825. The molecule has 1 aromatic carbocycles. The van der Waals surface area contributed by atoms with Gasteiger partial charge in [0.2, 0.25) is 0 Å². The summed E-state index contributed by atoms with van der Waals surface area (Å²) in [6.45, 7) is 0. The van der Waals surface area contributed by atoms with E-state index in [-0.39, 0.29) is 21.7 Å². The zero-order chi connectivity index (χ0) is 15.7. The molecule has 0 atom stereocenters. The fourth-order valence-electron chi connectivity index (χ4n) is 1.99. The van der Waals surface area contributed by atoms with Crippen molar-refractivity contribution in [3.63, 3.8) is 0 Å². The second kappa shape index (κ2) is 5.49. The summed E-state index contributed by atoms with van der Waals surface area (Å²) < 4.78 is 5.59. The van der Waals surface area contributed by atoms with Crippen LogP contribution < -0.4 is 5.32 Å². The van der Waals surface area contributed by atoms with Crippen molar-refractivity contribution in [1.29, 1.82) is 5.41 Å². The number of amides is 1. The Morgan fingerprint density at radius 2 is 2.05 bits per heavy atom. The van der Waals surface area contributed by atoms with E-state index in [0.29, 0.717) is 22.0 Å². The normalized spacial score (nSPS) is 16.1. The number of carbonyl (C=O) groups is 1. The number of amidine groups is 1. The smallest absolute Gasteiger partial charge is 0.327 e. The third-order valence-electron chi connectivity index (χ3n) is 2.94. The molecule has 22 heavy (non-hydrogen) atoms. The molecule has 0 unspecified atom stereocenters. The number of nitrogens with zero attached hydrogens (tertiary/aromatic N) is 1. The molecule has 0 bridgehead atoms. The maximum Gasteiger partial charge on any atom is 0.327 e. The van der Waals surface area contributed by atoms with E-state index in [1.165, 1.54) is 12.1 Å². The Kier molecular flexibility index (Phi) is 3.51. The van der Waals surface area contributed by atoms with Gasteiger partial charge in [-0.2, -0.15) is 0 Å². The number of nitrogens with one attached hydrogen (secondary N) is 2. The molecule has 1 aromatic heterocycles. The monoisotopic (exact) mass is 316 g/mol. The predicted octanol–water partition coefficient (Wildman–Crippen LogP) is 2.88. The molecule has 7 nitrogen and oxygen atoms in total. The van der Waals surface area contributed by atoms with Crippen LogP contribution >= 0.6 is 11.8 Å². The van der Waals surface area contributed by atoms with Crippen molar-refractivity contribution in [1.82, 2.24) is 5.32 Å². The summed E-state index contributed by atoms with van der Waals surface area (Å²) in [7, 11) is 0. The highest BCUT2D eigenvalue weighted by Crippen LogP contribution is 2.32. The molecule has 0 spiro atoms. The Hall–Kier alpha value is -2.87. The number of rotatable bonds is 3. The molecule has 1 aliphatic rings. The van der Waals surface area contributed by atoms with Crippen molar-refractivity contribution >= 4 is 34.6 Å². The van der Waals surface area contributed by atoms with Gasteiger partial charge in [0.1, 0.15) is 11.5 Å². The summed E-state index contributed by atoms with van der Waals surface area (Å²) in [6, 6.07) is 9.71. The van der Waals surface area contributed by atoms with Crippen molar-refractivity contribution in [3.05, 3.63) is 52.0 Å². The van der Waals surface area contributed by atoms with Crippen LogP contribution in [0.4, 0.5) is 5.69 Å². The van der Waals surface area contributed by atoms with Gasteiger partial charge in [-0.15, -0.1) is 0 Å². The molecule has 3 rings (SSSR count). The van der Waals surface area contributed by atoms with Gasteiger partial charge < -0.3 is 9.73 Å². The zero-order valence-corrected chi connectivity index (χ0v) is 11.9. The second-order valence-corrected chi connectivity index (χ2v) is 5.44. The molecular formula is C14H10N3O4S+. The van der Waals surface area contributed by atoms with Crippen LogP contribution in [0.5, 0.6) is 0 Å². The molecule has 2 heterocycles. The Labute approximate surface area is 128 Å². The third kappa shape index (κ3) is 2.63. The third-order valence-corrected chi connectivity index (χ3v) is 3.77. The van der Waals surface area contributed by atoms with Crippen LogP contribution in [-0.4, -0.2) is 21.2 Å². The van der Waals surface area contributed by atoms with Crippen LogP contribution in [0, 0.1) is 10.3 Å². The van der Waals surface area contributed by atoms with Gasteiger partial charge in [-0.25, -0.2) is 5.21 Å². The minimum atomic E-state index is -0.352. The molecule has 2 aromatic rings. The SMILES string of the molecule is N=C1NC(=O)/C(=C/c2ccc(-c3ccccc3[N+](=O)O)o2)S1. The molecular weight excluding hydrogens is 306 g/mol. The lowest BCUT2D eigenvalue weighted by atomic mass is 10.1. The number of furan rings is 1. The van der Waals surface area contributed by atoms with Gasteiger partial charge in [0.25, 0.3) is 10.8 Å². The van der Waals surface area contributed by atoms with Crippen molar-refractivity contribution < 1.29 is 19.3 Å². The van der Waals surface area contributed by atoms with Gasteiger partial charge in [0.05, 0.1) is 15.4 Å². The van der Waals surface area contributed by atoms with E-state index in [1.54, 1.807) is 30.3 Å². The lowest BCUT2D eigenvalue weighted by Gasteiger charge is -1.96. The lowest BCUT2D eigenvalue weighted by Crippen LogP contribution is -2.18. The molecule has 1 aliphatic heterocycles. The Balaban J connectivity index is 1.95. The quantitative estimate of drug-likeness (QED) is 0.596. The molecule has 1 saturated heterocycles. The van der Waals surface area contributed by atoms with E-state index in [9.17, 15) is 9.70 Å².